The van der Waals surface area contributed by atoms with E-state index >= 15 is 0 Å². The van der Waals surface area contributed by atoms with E-state index < -0.39 is 0 Å². The summed E-state index contributed by atoms with van der Waals surface area (Å²) in [6.07, 6.45) is 0. The number of hydrogen-bond acceptors (Lipinski definition) is 5. The zero-order valence-electron chi connectivity index (χ0n) is 11.5. The van der Waals surface area contributed by atoms with Crippen molar-refractivity contribution in [2.75, 3.05) is 5.73 Å². The molecular weight excluding hydrogens is 280 g/mol. The summed E-state index contributed by atoms with van der Waals surface area (Å²) < 4.78 is 0. The van der Waals surface area contributed by atoms with Crippen molar-refractivity contribution in [1.29, 1.82) is 0 Å². The fourth-order valence-electron chi connectivity index (χ4n) is 1.97. The number of thiazole rings is 1. The number of hydrogen-bond donors (Lipinski definition) is 1. The maximum atomic E-state index is 5.82. The number of nitrogens with zero attached hydrogens (tertiary/aromatic N) is 3. The van der Waals surface area contributed by atoms with Crippen molar-refractivity contribution in [2.24, 2.45) is 10.2 Å². The summed E-state index contributed by atoms with van der Waals surface area (Å²) in [6, 6.07) is 17.8. The zero-order valence-corrected chi connectivity index (χ0v) is 12.3. The van der Waals surface area contributed by atoms with Crippen LogP contribution in [-0.2, 0) is 0 Å². The third-order valence-electron chi connectivity index (χ3n) is 2.93. The van der Waals surface area contributed by atoms with Gasteiger partial charge in [-0.05, 0) is 24.6 Å². The van der Waals surface area contributed by atoms with Crippen LogP contribution in [0.25, 0.3) is 11.3 Å². The second-order valence-corrected chi connectivity index (χ2v) is 5.62. The van der Waals surface area contributed by atoms with Gasteiger partial charge in [-0.25, -0.2) is 4.98 Å². The molecule has 0 aliphatic heterocycles. The van der Waals surface area contributed by atoms with E-state index in [1.54, 1.807) is 0 Å². The van der Waals surface area contributed by atoms with Gasteiger partial charge >= 0.3 is 0 Å². The van der Waals surface area contributed by atoms with Gasteiger partial charge in [0.2, 0.25) is 0 Å². The van der Waals surface area contributed by atoms with Gasteiger partial charge in [-0.2, -0.15) is 0 Å². The molecule has 0 radical (unpaired) electrons. The zero-order chi connectivity index (χ0) is 14.7. The van der Waals surface area contributed by atoms with Crippen molar-refractivity contribution in [3.63, 3.8) is 0 Å². The molecule has 0 unspecified atom stereocenters. The van der Waals surface area contributed by atoms with Crippen molar-refractivity contribution >= 4 is 27.2 Å². The van der Waals surface area contributed by atoms with Crippen molar-refractivity contribution in [1.82, 2.24) is 4.98 Å². The molecule has 5 heteroatoms. The number of azo groups is 1. The normalized spacial score (nSPS) is 11.1. The Morgan fingerprint density at radius 1 is 1.00 bits per heavy atom. The smallest absolute Gasteiger partial charge is 0.182 e. The molecule has 0 saturated carbocycles. The van der Waals surface area contributed by atoms with Gasteiger partial charge in [-0.3, -0.25) is 0 Å². The van der Waals surface area contributed by atoms with E-state index in [1.165, 1.54) is 11.3 Å². The molecule has 4 nitrogen and oxygen atoms in total. The molecule has 0 amide bonds. The number of nitrogen functional groups attached to an aromatic ring is 1. The lowest BCUT2D eigenvalue weighted by atomic mass is 10.2. The van der Waals surface area contributed by atoms with Gasteiger partial charge in [-0.15, -0.1) is 10.2 Å². The number of nitrogens with two attached hydrogens (primary N) is 1. The first-order chi connectivity index (χ1) is 10.2. The summed E-state index contributed by atoms with van der Waals surface area (Å²) in [5, 5.41) is 9.81. The third kappa shape index (κ3) is 3.14. The minimum atomic E-state index is 0.493. The minimum absolute atomic E-state index is 0.493. The van der Waals surface area contributed by atoms with Crippen molar-refractivity contribution in [3.8, 4) is 11.3 Å². The lowest BCUT2D eigenvalue weighted by Gasteiger charge is -1.97. The van der Waals surface area contributed by atoms with E-state index in [1.807, 2.05) is 61.5 Å². The molecule has 0 saturated heterocycles. The van der Waals surface area contributed by atoms with Crippen LogP contribution >= 0.6 is 11.3 Å². The van der Waals surface area contributed by atoms with Crippen LogP contribution < -0.4 is 5.73 Å². The largest absolute Gasteiger partial charge is 0.375 e. The maximum absolute atomic E-state index is 5.82. The first-order valence-electron chi connectivity index (χ1n) is 6.52. The molecule has 0 aliphatic carbocycles. The van der Waals surface area contributed by atoms with Crippen LogP contribution in [0.15, 0.2) is 64.8 Å². The average molecular weight is 294 g/mol. The minimum Gasteiger partial charge on any atom is -0.375 e. The number of aryl methyl sites for hydroxylation is 1. The Morgan fingerprint density at radius 3 is 2.57 bits per heavy atom. The van der Waals surface area contributed by atoms with Crippen molar-refractivity contribution in [3.05, 3.63) is 60.2 Å². The van der Waals surface area contributed by atoms with Crippen molar-refractivity contribution < 1.29 is 0 Å². The molecule has 3 rings (SSSR count). The van der Waals surface area contributed by atoms with Crippen LogP contribution in [-0.4, -0.2) is 4.98 Å². The van der Waals surface area contributed by atoms with Crippen molar-refractivity contribution in [2.45, 2.75) is 6.92 Å². The Hall–Kier alpha value is -2.53. The van der Waals surface area contributed by atoms with Crippen LogP contribution in [0.5, 0.6) is 0 Å². The van der Waals surface area contributed by atoms with Crippen LogP contribution in [0.4, 0.5) is 15.8 Å². The Morgan fingerprint density at radius 2 is 1.81 bits per heavy atom. The van der Waals surface area contributed by atoms with E-state index in [4.69, 9.17) is 5.73 Å². The predicted molar refractivity (Wildman–Crippen MR) is 87.3 cm³/mol. The molecule has 0 fully saturated rings. The lowest BCUT2D eigenvalue weighted by molar-refractivity contribution is 1.24. The summed E-state index contributed by atoms with van der Waals surface area (Å²) in [5.41, 5.74) is 9.55. The van der Waals surface area contributed by atoms with Crippen LogP contribution in [0.1, 0.15) is 5.56 Å². The number of rotatable bonds is 3. The summed E-state index contributed by atoms with van der Waals surface area (Å²) >= 11 is 1.34. The fraction of sp³-hybridized carbons (Fsp3) is 0.0625. The molecule has 1 heterocycles. The molecular formula is C16H14N4S. The quantitative estimate of drug-likeness (QED) is 0.682. The van der Waals surface area contributed by atoms with Crippen LogP contribution in [0.3, 0.4) is 0 Å². The summed E-state index contributed by atoms with van der Waals surface area (Å²) in [4.78, 5) is 4.35. The van der Waals surface area contributed by atoms with E-state index in [0.717, 1.165) is 27.5 Å². The highest BCUT2D eigenvalue weighted by molar-refractivity contribution is 7.19. The molecule has 0 bridgehead atoms. The Bertz CT molecular complexity index is 778. The van der Waals surface area contributed by atoms with E-state index in [0.29, 0.717) is 5.13 Å². The van der Waals surface area contributed by atoms with Gasteiger partial charge in [0.05, 0.1) is 5.69 Å². The lowest BCUT2D eigenvalue weighted by Crippen LogP contribution is -1.82. The fourth-order valence-corrected chi connectivity index (χ4v) is 2.65. The topological polar surface area (TPSA) is 63.6 Å². The highest BCUT2D eigenvalue weighted by atomic mass is 32.1. The summed E-state index contributed by atoms with van der Waals surface area (Å²) in [7, 11) is 0. The Labute approximate surface area is 127 Å². The van der Waals surface area contributed by atoms with Gasteiger partial charge in [0.25, 0.3) is 0 Å². The molecule has 1 aromatic heterocycles. The van der Waals surface area contributed by atoms with E-state index in [2.05, 4.69) is 15.2 Å². The maximum Gasteiger partial charge on any atom is 0.182 e. The molecule has 0 spiro atoms. The number of aromatic nitrogens is 1. The second-order valence-electron chi connectivity index (χ2n) is 4.61. The molecule has 21 heavy (non-hydrogen) atoms. The molecule has 0 aliphatic rings. The highest BCUT2D eigenvalue weighted by Crippen LogP contribution is 2.37. The number of benzene rings is 2. The van der Waals surface area contributed by atoms with Gasteiger partial charge < -0.3 is 5.73 Å². The first kappa shape index (κ1) is 13.5. The third-order valence-corrected chi connectivity index (χ3v) is 3.70. The highest BCUT2D eigenvalue weighted by Gasteiger charge is 2.11. The Balaban J connectivity index is 1.96. The van der Waals surface area contributed by atoms with Gasteiger partial charge in [0.15, 0.2) is 10.1 Å². The van der Waals surface area contributed by atoms with Crippen LogP contribution in [0.2, 0.25) is 0 Å². The van der Waals surface area contributed by atoms with Gasteiger partial charge in [0, 0.05) is 5.56 Å². The van der Waals surface area contributed by atoms with Gasteiger partial charge in [0.1, 0.15) is 5.69 Å². The molecule has 3 aromatic rings. The number of anilines is 1. The molecule has 2 N–H and O–H groups in total. The van der Waals surface area contributed by atoms with E-state index in [9.17, 15) is 0 Å². The second kappa shape index (κ2) is 5.85. The van der Waals surface area contributed by atoms with E-state index in [-0.39, 0.29) is 0 Å². The SMILES string of the molecule is Cc1cccc(N=Nc2sc(N)nc2-c2ccccc2)c1. The summed E-state index contributed by atoms with van der Waals surface area (Å²) in [5.74, 6) is 0. The van der Waals surface area contributed by atoms with Crippen LogP contribution in [0, 0.1) is 6.92 Å². The molecule has 0 atom stereocenters. The summed E-state index contributed by atoms with van der Waals surface area (Å²) in [6.45, 7) is 2.03. The molecule has 2 aromatic carbocycles. The molecule has 104 valence electrons. The Kier molecular flexibility index (Phi) is 3.75. The predicted octanol–water partition coefficient (Wildman–Crippen LogP) is 5.12. The first-order valence-corrected chi connectivity index (χ1v) is 7.34. The average Bonchev–Trinajstić information content (AvgIpc) is 2.87. The van der Waals surface area contributed by atoms with Gasteiger partial charge in [-0.1, -0.05) is 53.8 Å². The monoisotopic (exact) mass is 294 g/mol. The standard InChI is InChI=1S/C16H14N4S/c1-11-6-5-9-13(10-11)19-20-15-14(18-16(17)21-15)12-7-3-2-4-8-12/h2-10H,1H3,(H2,17,18).